The standard InChI is InChI=1S/C21H22N2O6/c1-12(21(26)22-16-7-6-15(27-3)10-19(16)28-4)23-17-9-14(13(2)24)5-8-18(17)29-11-20(23)25/h5-10,12H,11H2,1-4H3,(H,22,26). The van der Waals surface area contributed by atoms with Gasteiger partial charge >= 0.3 is 0 Å². The first-order valence-corrected chi connectivity index (χ1v) is 8.98. The molecule has 152 valence electrons. The quantitative estimate of drug-likeness (QED) is 0.752. The van der Waals surface area contributed by atoms with E-state index in [1.165, 1.54) is 26.0 Å². The molecular formula is C21H22N2O6. The van der Waals surface area contributed by atoms with Gasteiger partial charge in [0.2, 0.25) is 5.91 Å². The van der Waals surface area contributed by atoms with E-state index in [2.05, 4.69) is 5.32 Å². The van der Waals surface area contributed by atoms with Crippen molar-refractivity contribution in [1.82, 2.24) is 0 Å². The Labute approximate surface area is 168 Å². The maximum Gasteiger partial charge on any atom is 0.265 e. The van der Waals surface area contributed by atoms with Crippen molar-refractivity contribution in [3.63, 3.8) is 0 Å². The van der Waals surface area contributed by atoms with Crippen LogP contribution in [0.4, 0.5) is 11.4 Å². The van der Waals surface area contributed by atoms with E-state index < -0.39 is 11.9 Å². The molecule has 1 N–H and O–H groups in total. The van der Waals surface area contributed by atoms with Gasteiger partial charge in [0.05, 0.1) is 25.6 Å². The van der Waals surface area contributed by atoms with Gasteiger partial charge in [-0.05, 0) is 44.2 Å². The third kappa shape index (κ3) is 4.01. The summed E-state index contributed by atoms with van der Waals surface area (Å²) >= 11 is 0. The average Bonchev–Trinajstić information content (AvgIpc) is 2.72. The lowest BCUT2D eigenvalue weighted by molar-refractivity contribution is -0.125. The van der Waals surface area contributed by atoms with Crippen LogP contribution in [0.2, 0.25) is 0 Å². The normalized spacial score (nSPS) is 13.8. The first-order valence-electron chi connectivity index (χ1n) is 8.98. The molecule has 2 aromatic carbocycles. The number of carbonyl (C=O) groups excluding carboxylic acids is 3. The lowest BCUT2D eigenvalue weighted by Crippen LogP contribution is -2.49. The molecule has 0 saturated carbocycles. The van der Waals surface area contributed by atoms with Crippen LogP contribution in [0.25, 0.3) is 0 Å². The second-order valence-corrected chi connectivity index (χ2v) is 6.52. The average molecular weight is 398 g/mol. The Kier molecular flexibility index (Phi) is 5.72. The van der Waals surface area contributed by atoms with E-state index in [1.54, 1.807) is 43.3 Å². The van der Waals surface area contributed by atoms with Gasteiger partial charge in [0.25, 0.3) is 5.91 Å². The van der Waals surface area contributed by atoms with Gasteiger partial charge in [0, 0.05) is 11.6 Å². The highest BCUT2D eigenvalue weighted by molar-refractivity contribution is 6.08. The van der Waals surface area contributed by atoms with Crippen LogP contribution < -0.4 is 24.4 Å². The van der Waals surface area contributed by atoms with E-state index in [1.807, 2.05) is 0 Å². The van der Waals surface area contributed by atoms with Gasteiger partial charge in [-0.15, -0.1) is 0 Å². The van der Waals surface area contributed by atoms with Crippen molar-refractivity contribution in [2.24, 2.45) is 0 Å². The van der Waals surface area contributed by atoms with Crippen LogP contribution in [0.3, 0.4) is 0 Å². The molecule has 29 heavy (non-hydrogen) atoms. The summed E-state index contributed by atoms with van der Waals surface area (Å²) in [7, 11) is 3.02. The molecule has 2 aromatic rings. The molecule has 0 fully saturated rings. The molecule has 0 aliphatic carbocycles. The third-order valence-electron chi connectivity index (χ3n) is 4.68. The Bertz CT molecular complexity index is 972. The number of ketones is 1. The number of nitrogens with one attached hydrogen (secondary N) is 1. The van der Waals surface area contributed by atoms with Gasteiger partial charge < -0.3 is 19.5 Å². The van der Waals surface area contributed by atoms with Gasteiger partial charge in [-0.3, -0.25) is 19.3 Å². The summed E-state index contributed by atoms with van der Waals surface area (Å²) in [6, 6.07) is 8.97. The van der Waals surface area contributed by atoms with Gasteiger partial charge in [-0.25, -0.2) is 0 Å². The predicted molar refractivity (Wildman–Crippen MR) is 107 cm³/mol. The minimum absolute atomic E-state index is 0.147. The molecule has 0 bridgehead atoms. The molecule has 0 saturated heterocycles. The number of carbonyl (C=O) groups is 3. The molecule has 1 unspecified atom stereocenters. The summed E-state index contributed by atoms with van der Waals surface area (Å²) < 4.78 is 15.9. The number of amides is 2. The smallest absolute Gasteiger partial charge is 0.265 e. The maximum absolute atomic E-state index is 12.9. The van der Waals surface area contributed by atoms with Crippen molar-refractivity contribution in [3.05, 3.63) is 42.0 Å². The summed E-state index contributed by atoms with van der Waals surface area (Å²) in [5.74, 6) is 0.520. The van der Waals surface area contributed by atoms with Gasteiger partial charge in [-0.1, -0.05) is 0 Å². The van der Waals surface area contributed by atoms with Crippen LogP contribution in [0, 0.1) is 0 Å². The van der Waals surface area contributed by atoms with Crippen molar-refractivity contribution < 1.29 is 28.6 Å². The number of benzene rings is 2. The maximum atomic E-state index is 12.9. The molecule has 8 heteroatoms. The monoisotopic (exact) mass is 398 g/mol. The number of fused-ring (bicyclic) bond motifs is 1. The fraction of sp³-hybridized carbons (Fsp3) is 0.286. The number of hydrogen-bond donors (Lipinski definition) is 1. The van der Waals surface area contributed by atoms with Crippen LogP contribution in [-0.4, -0.2) is 44.5 Å². The Morgan fingerprint density at radius 2 is 1.90 bits per heavy atom. The van der Waals surface area contributed by atoms with Crippen LogP contribution in [0.5, 0.6) is 17.2 Å². The topological polar surface area (TPSA) is 94.2 Å². The van der Waals surface area contributed by atoms with Crippen LogP contribution in [0.15, 0.2) is 36.4 Å². The molecular weight excluding hydrogens is 376 g/mol. The summed E-state index contributed by atoms with van der Waals surface area (Å²) in [5.41, 5.74) is 1.26. The third-order valence-corrected chi connectivity index (χ3v) is 4.68. The zero-order valence-electron chi connectivity index (χ0n) is 16.6. The van der Waals surface area contributed by atoms with Crippen LogP contribution in [-0.2, 0) is 9.59 Å². The lowest BCUT2D eigenvalue weighted by atomic mass is 10.1. The fourth-order valence-electron chi connectivity index (χ4n) is 3.07. The van der Waals surface area contributed by atoms with E-state index in [9.17, 15) is 14.4 Å². The van der Waals surface area contributed by atoms with Crippen molar-refractivity contribution in [2.75, 3.05) is 31.0 Å². The van der Waals surface area contributed by atoms with E-state index in [0.717, 1.165) is 0 Å². The molecule has 1 aliphatic rings. The molecule has 8 nitrogen and oxygen atoms in total. The van der Waals surface area contributed by atoms with Crippen molar-refractivity contribution >= 4 is 29.0 Å². The Morgan fingerprint density at radius 1 is 1.14 bits per heavy atom. The summed E-state index contributed by atoms with van der Waals surface area (Å²) in [5, 5.41) is 2.78. The van der Waals surface area contributed by atoms with E-state index in [0.29, 0.717) is 34.2 Å². The molecule has 1 atom stereocenters. The number of methoxy groups -OCH3 is 2. The highest BCUT2D eigenvalue weighted by atomic mass is 16.5. The number of anilines is 2. The molecule has 0 aromatic heterocycles. The number of hydrogen-bond acceptors (Lipinski definition) is 6. The first-order chi connectivity index (χ1) is 13.8. The lowest BCUT2D eigenvalue weighted by Gasteiger charge is -2.33. The number of ether oxygens (including phenoxy) is 3. The molecule has 0 spiro atoms. The fourth-order valence-corrected chi connectivity index (χ4v) is 3.07. The highest BCUT2D eigenvalue weighted by Gasteiger charge is 2.33. The molecule has 1 heterocycles. The van der Waals surface area contributed by atoms with Crippen LogP contribution >= 0.6 is 0 Å². The second-order valence-electron chi connectivity index (χ2n) is 6.52. The summed E-state index contributed by atoms with van der Waals surface area (Å²) in [4.78, 5) is 38.5. The Hall–Kier alpha value is -3.55. The van der Waals surface area contributed by atoms with Crippen molar-refractivity contribution in [2.45, 2.75) is 19.9 Å². The zero-order chi connectivity index (χ0) is 21.1. The Balaban J connectivity index is 1.89. The Morgan fingerprint density at radius 3 is 2.55 bits per heavy atom. The van der Waals surface area contributed by atoms with Gasteiger partial charge in [-0.2, -0.15) is 0 Å². The predicted octanol–water partition coefficient (Wildman–Crippen LogP) is 2.66. The molecule has 3 rings (SSSR count). The van der Waals surface area contributed by atoms with E-state index in [-0.39, 0.29) is 18.3 Å². The molecule has 0 radical (unpaired) electrons. The largest absolute Gasteiger partial charge is 0.497 e. The number of nitrogens with zero attached hydrogens (tertiary/aromatic N) is 1. The van der Waals surface area contributed by atoms with E-state index in [4.69, 9.17) is 14.2 Å². The summed E-state index contributed by atoms with van der Waals surface area (Å²) in [6.07, 6.45) is 0. The minimum Gasteiger partial charge on any atom is -0.497 e. The SMILES string of the molecule is COc1ccc(NC(=O)C(C)N2C(=O)COc3ccc(C(C)=O)cc32)c(OC)c1. The highest BCUT2D eigenvalue weighted by Crippen LogP contribution is 2.35. The van der Waals surface area contributed by atoms with Crippen LogP contribution in [0.1, 0.15) is 24.2 Å². The van der Waals surface area contributed by atoms with E-state index >= 15 is 0 Å². The van der Waals surface area contributed by atoms with Gasteiger partial charge in [0.1, 0.15) is 23.3 Å². The molecule has 2 amide bonds. The molecule has 1 aliphatic heterocycles. The zero-order valence-corrected chi connectivity index (χ0v) is 16.6. The first kappa shape index (κ1) is 20.2. The van der Waals surface area contributed by atoms with Crippen molar-refractivity contribution in [3.8, 4) is 17.2 Å². The number of Topliss-reactive ketones (excluding diaryl/α,β-unsaturated/α-hetero) is 1. The van der Waals surface area contributed by atoms with Gasteiger partial charge in [0.15, 0.2) is 12.4 Å². The van der Waals surface area contributed by atoms with Crippen molar-refractivity contribution in [1.29, 1.82) is 0 Å². The summed E-state index contributed by atoms with van der Waals surface area (Å²) in [6.45, 7) is 2.86. The number of rotatable bonds is 6. The minimum atomic E-state index is -0.848. The second kappa shape index (κ2) is 8.22.